The van der Waals surface area contributed by atoms with Crippen LogP contribution in [0.4, 0.5) is 0 Å². The lowest BCUT2D eigenvalue weighted by molar-refractivity contribution is -0.179. The molecule has 0 radical (unpaired) electrons. The van der Waals surface area contributed by atoms with E-state index in [1.807, 2.05) is 20.8 Å². The molecule has 1 rings (SSSR count). The van der Waals surface area contributed by atoms with Crippen molar-refractivity contribution in [2.75, 3.05) is 13.2 Å². The highest BCUT2D eigenvalue weighted by atomic mass is 16.4. The van der Waals surface area contributed by atoms with E-state index in [1.54, 1.807) is 4.90 Å². The van der Waals surface area contributed by atoms with Crippen LogP contribution in [0.2, 0.25) is 0 Å². The Kier molecular flexibility index (Phi) is 8.04. The van der Waals surface area contributed by atoms with E-state index in [-0.39, 0.29) is 5.41 Å². The number of rotatable bonds is 7. The molecule has 0 unspecified atom stereocenters. The summed E-state index contributed by atoms with van der Waals surface area (Å²) in [5.74, 6) is -0.396. The number of carbonyl (C=O) groups excluding carboxylic acids is 1. The van der Waals surface area contributed by atoms with E-state index in [9.17, 15) is 25.2 Å². The van der Waals surface area contributed by atoms with E-state index in [2.05, 4.69) is 26.1 Å². The summed E-state index contributed by atoms with van der Waals surface area (Å²) in [6.07, 6.45) is -1.85. The van der Waals surface area contributed by atoms with Crippen LogP contribution >= 0.6 is 0 Å². The fraction of sp³-hybridized carbons (Fsp3) is 0.947. The molecule has 1 fully saturated rings. The van der Waals surface area contributed by atoms with Gasteiger partial charge in [0.15, 0.2) is 0 Å². The molecule has 1 amide bonds. The van der Waals surface area contributed by atoms with Crippen LogP contribution in [-0.4, -0.2) is 80.3 Å². The standard InChI is InChI=1S/C19H38N2O5/c1-7-8-9-21-12(10-22)14(23)16(25)15(24)13(21)17(26)20-19(5,6)11-18(2,3)4/h12-16,22-25H,7-11H2,1-6H3,(H,20,26)/t12-,13+,14+,15-,16-/m0/s1. The molecule has 7 heteroatoms. The van der Waals surface area contributed by atoms with Gasteiger partial charge in [0.25, 0.3) is 0 Å². The molecule has 26 heavy (non-hydrogen) atoms. The molecule has 1 aliphatic heterocycles. The van der Waals surface area contributed by atoms with Crippen molar-refractivity contribution in [2.24, 2.45) is 5.41 Å². The quantitative estimate of drug-likeness (QED) is 0.436. The third kappa shape index (κ3) is 5.89. The van der Waals surface area contributed by atoms with Crippen LogP contribution in [0.3, 0.4) is 0 Å². The van der Waals surface area contributed by atoms with Gasteiger partial charge in [-0.2, -0.15) is 0 Å². The maximum atomic E-state index is 13.0. The summed E-state index contributed by atoms with van der Waals surface area (Å²) in [6.45, 7) is 12.2. The molecular formula is C19H38N2O5. The van der Waals surface area contributed by atoms with Gasteiger partial charge >= 0.3 is 0 Å². The van der Waals surface area contributed by atoms with Crippen LogP contribution in [0.25, 0.3) is 0 Å². The molecule has 7 nitrogen and oxygen atoms in total. The minimum absolute atomic E-state index is 0.00714. The van der Waals surface area contributed by atoms with E-state index in [4.69, 9.17) is 0 Å². The van der Waals surface area contributed by atoms with Gasteiger partial charge in [0.2, 0.25) is 5.91 Å². The zero-order valence-electron chi connectivity index (χ0n) is 17.1. The van der Waals surface area contributed by atoms with E-state index in [1.165, 1.54) is 0 Å². The molecule has 5 N–H and O–H groups in total. The third-order valence-electron chi connectivity index (χ3n) is 4.86. The Bertz CT molecular complexity index is 463. The second-order valence-corrected chi connectivity index (χ2v) is 9.37. The summed E-state index contributed by atoms with van der Waals surface area (Å²) in [6, 6.07) is -1.81. The number of nitrogens with one attached hydrogen (secondary N) is 1. The Labute approximate surface area is 157 Å². The van der Waals surface area contributed by atoms with Crippen molar-refractivity contribution in [3.8, 4) is 0 Å². The van der Waals surface area contributed by atoms with Crippen LogP contribution < -0.4 is 5.32 Å². The lowest BCUT2D eigenvalue weighted by Crippen LogP contribution is -2.71. The van der Waals surface area contributed by atoms with E-state index in [0.29, 0.717) is 6.54 Å². The van der Waals surface area contributed by atoms with Crippen molar-refractivity contribution in [3.05, 3.63) is 0 Å². The van der Waals surface area contributed by atoms with Gasteiger partial charge in [-0.3, -0.25) is 9.69 Å². The number of unbranched alkanes of at least 4 members (excludes halogenated alkanes) is 1. The normalized spacial score (nSPS) is 31.1. The van der Waals surface area contributed by atoms with Crippen molar-refractivity contribution in [2.45, 2.75) is 96.7 Å². The number of aliphatic hydroxyl groups excluding tert-OH is 4. The topological polar surface area (TPSA) is 113 Å². The van der Waals surface area contributed by atoms with Gasteiger partial charge in [0, 0.05) is 5.54 Å². The highest BCUT2D eigenvalue weighted by Gasteiger charge is 2.50. The molecule has 154 valence electrons. The Hall–Kier alpha value is -0.730. The number of aliphatic hydroxyl groups is 4. The number of likely N-dealkylation sites (tertiary alicyclic amines) is 1. The SMILES string of the molecule is CCCCN1[C@@H](CO)[C@@H](O)[C@H](O)[C@@H](O)[C@@H]1C(=O)NC(C)(C)CC(C)(C)C. The first-order valence-corrected chi connectivity index (χ1v) is 9.57. The zero-order chi connectivity index (χ0) is 20.3. The molecule has 0 bridgehead atoms. The molecule has 0 aromatic carbocycles. The summed E-state index contributed by atoms with van der Waals surface area (Å²) < 4.78 is 0. The predicted molar refractivity (Wildman–Crippen MR) is 101 cm³/mol. The number of amides is 1. The van der Waals surface area contributed by atoms with E-state index >= 15 is 0 Å². The number of hydrogen-bond donors (Lipinski definition) is 5. The summed E-state index contributed by atoms with van der Waals surface area (Å²) in [5, 5.41) is 43.6. The number of hydrogen-bond acceptors (Lipinski definition) is 6. The first-order valence-electron chi connectivity index (χ1n) is 9.57. The van der Waals surface area contributed by atoms with Crippen molar-refractivity contribution >= 4 is 5.91 Å². The van der Waals surface area contributed by atoms with Gasteiger partial charge in [0.1, 0.15) is 24.4 Å². The van der Waals surface area contributed by atoms with Crippen molar-refractivity contribution in [1.82, 2.24) is 10.2 Å². The Balaban J connectivity index is 3.07. The molecule has 0 spiro atoms. The average Bonchev–Trinajstić information content (AvgIpc) is 2.47. The summed E-state index contributed by atoms with van der Waals surface area (Å²) in [5.41, 5.74) is -0.492. The van der Waals surface area contributed by atoms with Crippen LogP contribution in [0.1, 0.15) is 60.8 Å². The lowest BCUT2D eigenvalue weighted by atomic mass is 9.81. The van der Waals surface area contributed by atoms with Crippen molar-refractivity contribution in [1.29, 1.82) is 0 Å². The third-order valence-corrected chi connectivity index (χ3v) is 4.86. The first kappa shape index (κ1) is 23.3. The molecule has 0 saturated carbocycles. The van der Waals surface area contributed by atoms with Gasteiger partial charge in [0.05, 0.1) is 12.6 Å². The molecule has 1 saturated heterocycles. The molecular weight excluding hydrogens is 336 g/mol. The van der Waals surface area contributed by atoms with E-state index < -0.39 is 48.4 Å². The fourth-order valence-electron chi connectivity index (χ4n) is 4.16. The summed E-state index contributed by atoms with van der Waals surface area (Å²) in [4.78, 5) is 14.6. The van der Waals surface area contributed by atoms with Crippen LogP contribution in [0.15, 0.2) is 0 Å². The minimum Gasteiger partial charge on any atom is -0.395 e. The molecule has 5 atom stereocenters. The minimum atomic E-state index is -1.48. The predicted octanol–water partition coefficient (Wildman–Crippen LogP) is 0.245. The van der Waals surface area contributed by atoms with Crippen molar-refractivity contribution in [3.63, 3.8) is 0 Å². The average molecular weight is 375 g/mol. The lowest BCUT2D eigenvalue weighted by Gasteiger charge is -2.48. The summed E-state index contributed by atoms with van der Waals surface area (Å²) >= 11 is 0. The monoisotopic (exact) mass is 374 g/mol. The number of piperidine rings is 1. The molecule has 0 aliphatic carbocycles. The highest BCUT2D eigenvalue weighted by Crippen LogP contribution is 2.29. The Morgan fingerprint density at radius 3 is 2.08 bits per heavy atom. The first-order chi connectivity index (χ1) is 11.8. The van der Waals surface area contributed by atoms with Crippen LogP contribution in [-0.2, 0) is 4.79 Å². The largest absolute Gasteiger partial charge is 0.395 e. The zero-order valence-corrected chi connectivity index (χ0v) is 17.1. The van der Waals surface area contributed by atoms with Gasteiger partial charge < -0.3 is 25.7 Å². The second kappa shape index (κ2) is 8.97. The van der Waals surface area contributed by atoms with Crippen molar-refractivity contribution < 1.29 is 25.2 Å². The Morgan fingerprint density at radius 1 is 1.04 bits per heavy atom. The number of nitrogens with zero attached hydrogens (tertiary/aromatic N) is 1. The Morgan fingerprint density at radius 2 is 1.62 bits per heavy atom. The molecule has 1 heterocycles. The fourth-order valence-corrected chi connectivity index (χ4v) is 4.16. The smallest absolute Gasteiger partial charge is 0.240 e. The van der Waals surface area contributed by atoms with Gasteiger partial charge in [-0.15, -0.1) is 0 Å². The molecule has 0 aromatic rings. The highest BCUT2D eigenvalue weighted by molar-refractivity contribution is 5.83. The van der Waals surface area contributed by atoms with Gasteiger partial charge in [-0.25, -0.2) is 0 Å². The van der Waals surface area contributed by atoms with Crippen LogP contribution in [0, 0.1) is 5.41 Å². The second-order valence-electron chi connectivity index (χ2n) is 9.37. The maximum Gasteiger partial charge on any atom is 0.240 e. The van der Waals surface area contributed by atoms with Crippen LogP contribution in [0.5, 0.6) is 0 Å². The molecule has 1 aliphatic rings. The number of carbonyl (C=O) groups is 1. The maximum absolute atomic E-state index is 13.0. The molecule has 0 aromatic heterocycles. The van der Waals surface area contributed by atoms with Gasteiger partial charge in [-0.05, 0) is 38.6 Å². The summed E-state index contributed by atoms with van der Waals surface area (Å²) in [7, 11) is 0. The van der Waals surface area contributed by atoms with Gasteiger partial charge in [-0.1, -0.05) is 34.1 Å². The van der Waals surface area contributed by atoms with E-state index in [0.717, 1.165) is 19.3 Å².